The van der Waals surface area contributed by atoms with Crippen molar-refractivity contribution < 1.29 is 19.6 Å². The van der Waals surface area contributed by atoms with Gasteiger partial charge in [0, 0.05) is 35.5 Å². The third-order valence-electron chi connectivity index (χ3n) is 5.01. The van der Waals surface area contributed by atoms with Gasteiger partial charge in [0.05, 0.1) is 23.6 Å². The Hall–Kier alpha value is -2.66. The first kappa shape index (κ1) is 42.5. The summed E-state index contributed by atoms with van der Waals surface area (Å²) >= 11 is 6.41. The van der Waals surface area contributed by atoms with E-state index in [4.69, 9.17) is 11.6 Å². The molecule has 2 atom stereocenters. The number of aliphatic hydroxyl groups excluding tert-OH is 1. The van der Waals surface area contributed by atoms with Crippen LogP contribution in [-0.4, -0.2) is 64.3 Å². The number of nitrogens with one attached hydrogen (secondary N) is 2. The summed E-state index contributed by atoms with van der Waals surface area (Å²) in [6.07, 6.45) is -0.0214. The van der Waals surface area contributed by atoms with E-state index in [0.29, 0.717) is 30.9 Å². The number of nitrogens with zero attached hydrogens (tertiary/aromatic N) is 2. The van der Waals surface area contributed by atoms with Gasteiger partial charge in [0.2, 0.25) is 12.3 Å². The molecule has 9 nitrogen and oxygen atoms in total. The van der Waals surface area contributed by atoms with E-state index in [0.717, 1.165) is 22.3 Å². The lowest BCUT2D eigenvalue weighted by Gasteiger charge is -2.30. The molecule has 2 amide bonds. The number of benzene rings is 2. The van der Waals surface area contributed by atoms with E-state index in [1.165, 1.54) is 18.0 Å². The monoisotopic (exact) mass is 640 g/mol. The number of carbonyl (C=O) groups is 2. The van der Waals surface area contributed by atoms with Crippen LogP contribution in [0.4, 0.5) is 5.69 Å². The Morgan fingerprint density at radius 2 is 1.65 bits per heavy atom. The third-order valence-corrected chi connectivity index (χ3v) is 6.04. The fraction of sp³-hybridized carbons (Fsp3) is 0.562. The molecule has 2 aromatic carbocycles. The summed E-state index contributed by atoms with van der Waals surface area (Å²) < 4.78 is 2.00. The summed E-state index contributed by atoms with van der Waals surface area (Å²) in [5.74, 6) is 1.47. The largest absolute Gasteiger partial charge is 0.390 e. The molecular formula is C32H53ClN4O5S. The molecule has 0 bridgehead atoms. The van der Waals surface area contributed by atoms with E-state index in [1.807, 2.05) is 55.4 Å². The van der Waals surface area contributed by atoms with Crippen LogP contribution in [0.1, 0.15) is 66.5 Å². The maximum Gasteiger partial charge on any atom is 0.272 e. The number of nitro groups is 1. The molecule has 0 aliphatic rings. The second-order valence-electron chi connectivity index (χ2n) is 10.5. The first-order valence-corrected chi connectivity index (χ1v) is 16.1. The van der Waals surface area contributed by atoms with Crippen molar-refractivity contribution >= 4 is 41.6 Å². The average molecular weight is 641 g/mol. The molecule has 3 N–H and O–H groups in total. The Morgan fingerprint density at radius 1 is 1.09 bits per heavy atom. The van der Waals surface area contributed by atoms with E-state index in [1.54, 1.807) is 19.1 Å². The van der Waals surface area contributed by atoms with Crippen molar-refractivity contribution in [2.75, 3.05) is 25.5 Å². The molecule has 0 saturated heterocycles. The number of aliphatic hydroxyl groups is 1. The summed E-state index contributed by atoms with van der Waals surface area (Å²) in [4.78, 5) is 34.3. The number of alkyl halides is 1. The van der Waals surface area contributed by atoms with E-state index < -0.39 is 17.1 Å². The SMILES string of the molecule is CC.CC(C)C.CCCl.Cc1cc(SN(CC(C)C)CC(O)C(Cc2ccccc2)NC(=O)CNC=O)ccc1[N+](=O)[O-]. The van der Waals surface area contributed by atoms with Crippen molar-refractivity contribution in [1.29, 1.82) is 0 Å². The molecule has 2 aromatic rings. The van der Waals surface area contributed by atoms with Gasteiger partial charge in [-0.15, -0.1) is 11.6 Å². The number of amides is 2. The minimum Gasteiger partial charge on any atom is -0.390 e. The lowest BCUT2D eigenvalue weighted by atomic mass is 10.0. The van der Waals surface area contributed by atoms with Gasteiger partial charge >= 0.3 is 0 Å². The Bertz CT molecular complexity index is 1030. The zero-order chi connectivity index (χ0) is 33.4. The average Bonchev–Trinajstić information content (AvgIpc) is 2.93. The highest BCUT2D eigenvalue weighted by molar-refractivity contribution is 7.97. The fourth-order valence-electron chi connectivity index (χ4n) is 3.47. The third kappa shape index (κ3) is 21.6. The summed E-state index contributed by atoms with van der Waals surface area (Å²) in [7, 11) is 0. The van der Waals surface area contributed by atoms with Crippen molar-refractivity contribution in [2.45, 2.75) is 85.8 Å². The Balaban J connectivity index is 0. The van der Waals surface area contributed by atoms with Gasteiger partial charge in [-0.3, -0.25) is 19.7 Å². The topological polar surface area (TPSA) is 125 Å². The molecule has 0 aliphatic heterocycles. The summed E-state index contributed by atoms with van der Waals surface area (Å²) in [5, 5.41) is 27.4. The number of hydrogen-bond acceptors (Lipinski definition) is 7. The quantitative estimate of drug-likeness (QED) is 0.0695. The number of carbonyl (C=O) groups excluding carboxylic acids is 2. The van der Waals surface area contributed by atoms with Gasteiger partial charge in [-0.1, -0.05) is 85.7 Å². The number of halogens is 1. The zero-order valence-corrected chi connectivity index (χ0v) is 28.9. The minimum atomic E-state index is -0.897. The van der Waals surface area contributed by atoms with Gasteiger partial charge in [-0.25, -0.2) is 4.31 Å². The lowest BCUT2D eigenvalue weighted by molar-refractivity contribution is -0.385. The second-order valence-corrected chi connectivity index (χ2v) is 12.2. The molecule has 0 aliphatic carbocycles. The minimum absolute atomic E-state index is 0.0642. The maximum absolute atomic E-state index is 12.3. The van der Waals surface area contributed by atoms with Gasteiger partial charge in [0.1, 0.15) is 0 Å². The predicted molar refractivity (Wildman–Crippen MR) is 181 cm³/mol. The number of hydrogen-bond donors (Lipinski definition) is 3. The highest BCUT2D eigenvalue weighted by atomic mass is 35.5. The molecule has 0 aromatic heterocycles. The highest BCUT2D eigenvalue weighted by Crippen LogP contribution is 2.29. The molecule has 0 spiro atoms. The molecule has 0 saturated carbocycles. The Labute approximate surface area is 268 Å². The highest BCUT2D eigenvalue weighted by Gasteiger charge is 2.25. The molecule has 2 rings (SSSR count). The molecule has 43 heavy (non-hydrogen) atoms. The van der Waals surface area contributed by atoms with Crippen LogP contribution in [0.3, 0.4) is 0 Å². The first-order valence-electron chi connectivity index (χ1n) is 14.8. The van der Waals surface area contributed by atoms with Crippen LogP contribution in [0.5, 0.6) is 0 Å². The Kier molecular flexibility index (Phi) is 25.5. The van der Waals surface area contributed by atoms with E-state index in [9.17, 15) is 24.8 Å². The van der Waals surface area contributed by atoms with Gasteiger partial charge in [-0.05, 0) is 54.8 Å². The van der Waals surface area contributed by atoms with E-state index in [-0.39, 0.29) is 24.7 Å². The van der Waals surface area contributed by atoms with Crippen molar-refractivity contribution in [1.82, 2.24) is 14.9 Å². The fourth-order valence-corrected chi connectivity index (χ4v) is 4.73. The van der Waals surface area contributed by atoms with Gasteiger partial charge < -0.3 is 15.7 Å². The normalized spacial score (nSPS) is 11.6. The molecule has 0 radical (unpaired) electrons. The van der Waals surface area contributed by atoms with E-state index >= 15 is 0 Å². The first-order chi connectivity index (χ1) is 20.3. The number of aryl methyl sites for hydroxylation is 1. The molecule has 0 fully saturated rings. The van der Waals surface area contributed by atoms with Crippen molar-refractivity contribution in [3.05, 3.63) is 69.8 Å². The van der Waals surface area contributed by atoms with Gasteiger partial charge in [0.15, 0.2) is 0 Å². The van der Waals surface area contributed by atoms with Crippen LogP contribution in [0.15, 0.2) is 53.4 Å². The molecule has 244 valence electrons. The molecule has 0 heterocycles. The van der Waals surface area contributed by atoms with Crippen molar-refractivity contribution in [2.24, 2.45) is 11.8 Å². The number of rotatable bonds is 14. The van der Waals surface area contributed by atoms with Crippen LogP contribution < -0.4 is 10.6 Å². The van der Waals surface area contributed by atoms with Crippen LogP contribution in [-0.2, 0) is 16.0 Å². The number of nitro benzene ring substituents is 1. The van der Waals surface area contributed by atoms with Gasteiger partial charge in [-0.2, -0.15) is 0 Å². The van der Waals surface area contributed by atoms with Crippen LogP contribution in [0, 0.1) is 28.9 Å². The summed E-state index contributed by atoms with van der Waals surface area (Å²) in [5.41, 5.74) is 1.59. The molecular weight excluding hydrogens is 588 g/mol. The van der Waals surface area contributed by atoms with Gasteiger partial charge in [0.25, 0.3) is 5.69 Å². The van der Waals surface area contributed by atoms with E-state index in [2.05, 4.69) is 45.3 Å². The lowest BCUT2D eigenvalue weighted by Crippen LogP contribution is -2.50. The Morgan fingerprint density at radius 3 is 2.12 bits per heavy atom. The van der Waals surface area contributed by atoms with Crippen molar-refractivity contribution in [3.63, 3.8) is 0 Å². The predicted octanol–water partition coefficient (Wildman–Crippen LogP) is 6.64. The standard InChI is InChI=1S/C24H32N4O5S.C4H10.C2H5Cl.C2H6/c1-17(2)14-27(34-20-9-10-22(28(32)33)18(3)11-20)15-23(30)21(26-24(31)13-25-16-29)12-19-7-5-4-6-8-19;1-4(2)3;1-2-3;1-2/h4-11,16-17,21,23,30H,12-15H2,1-3H3,(H,25,29)(H,26,31);4H,1-3H3;2H2,1H3;1-2H3. The molecule has 2 unspecified atom stereocenters. The second kappa shape index (κ2) is 25.8. The van der Waals surface area contributed by atoms with Crippen LogP contribution in [0.25, 0.3) is 0 Å². The van der Waals surface area contributed by atoms with Crippen LogP contribution in [0.2, 0.25) is 0 Å². The molecule has 11 heteroatoms. The van der Waals surface area contributed by atoms with Crippen LogP contribution >= 0.6 is 23.5 Å². The smallest absolute Gasteiger partial charge is 0.272 e. The van der Waals surface area contributed by atoms with Crippen molar-refractivity contribution in [3.8, 4) is 0 Å². The zero-order valence-electron chi connectivity index (χ0n) is 27.3. The summed E-state index contributed by atoms with van der Waals surface area (Å²) in [6.45, 7) is 19.0. The maximum atomic E-state index is 12.3. The summed E-state index contributed by atoms with van der Waals surface area (Å²) in [6, 6.07) is 13.9.